The summed E-state index contributed by atoms with van der Waals surface area (Å²) in [6.45, 7) is 0. The lowest BCUT2D eigenvalue weighted by Gasteiger charge is -2.19. The minimum atomic E-state index is 0.951. The van der Waals surface area contributed by atoms with Crippen molar-refractivity contribution >= 4 is 60.3 Å². The molecule has 0 bridgehead atoms. The Morgan fingerprint density at radius 1 is 0.447 bits per heavy atom. The van der Waals surface area contributed by atoms with E-state index < -0.39 is 0 Å². The predicted octanol–water partition coefficient (Wildman–Crippen LogP) is 13.0. The maximum Gasteiger partial charge on any atom is 0.135 e. The van der Waals surface area contributed by atoms with Gasteiger partial charge in [-0.3, -0.25) is 0 Å². The van der Waals surface area contributed by atoms with Crippen molar-refractivity contribution in [3.63, 3.8) is 0 Å². The fourth-order valence-corrected chi connectivity index (χ4v) is 8.00. The molecule has 1 aromatic heterocycles. The maximum absolute atomic E-state index is 6.31. The van der Waals surface area contributed by atoms with Crippen LogP contribution >= 0.6 is 0 Å². The quantitative estimate of drug-likeness (QED) is 0.184. The first-order valence-electron chi connectivity index (χ1n) is 16.5. The second-order valence-corrected chi connectivity index (χ2v) is 12.7. The van der Waals surface area contributed by atoms with Crippen LogP contribution in [0.1, 0.15) is 17.5 Å². The summed E-state index contributed by atoms with van der Waals surface area (Å²) >= 11 is 0. The first-order chi connectivity index (χ1) is 23.3. The van der Waals surface area contributed by atoms with Crippen LogP contribution in [0.15, 0.2) is 156 Å². The highest BCUT2D eigenvalue weighted by Gasteiger charge is 2.19. The molecule has 0 fully saturated rings. The number of rotatable bonds is 3. The van der Waals surface area contributed by atoms with Crippen molar-refractivity contribution in [2.24, 2.45) is 0 Å². The number of allylic oxidation sites excluding steroid dienone is 1. The van der Waals surface area contributed by atoms with Crippen molar-refractivity contribution in [1.29, 1.82) is 0 Å². The molecule has 0 amide bonds. The molecule has 0 atom stereocenters. The van der Waals surface area contributed by atoms with Gasteiger partial charge in [0.1, 0.15) is 11.2 Å². The summed E-state index contributed by atoms with van der Waals surface area (Å²) < 4.78 is 6.31. The lowest BCUT2D eigenvalue weighted by molar-refractivity contribution is 0.668. The summed E-state index contributed by atoms with van der Waals surface area (Å²) in [5.41, 5.74) is 12.1. The van der Waals surface area contributed by atoms with Gasteiger partial charge in [0, 0.05) is 10.8 Å². The second-order valence-electron chi connectivity index (χ2n) is 12.7. The Kier molecular flexibility index (Phi) is 5.77. The zero-order valence-corrected chi connectivity index (χ0v) is 25.8. The highest BCUT2D eigenvalue weighted by Crippen LogP contribution is 2.45. The molecule has 1 aliphatic rings. The number of benzene rings is 8. The van der Waals surface area contributed by atoms with Gasteiger partial charge in [-0.15, -0.1) is 0 Å². The highest BCUT2D eigenvalue weighted by atomic mass is 16.3. The van der Waals surface area contributed by atoms with Crippen molar-refractivity contribution in [1.82, 2.24) is 0 Å². The molecule has 0 radical (unpaired) electrons. The van der Waals surface area contributed by atoms with E-state index >= 15 is 0 Å². The molecule has 1 nitrogen and oxygen atoms in total. The molecule has 0 unspecified atom stereocenters. The molecular weight excluding hydrogens is 569 g/mol. The molecule has 1 heteroatoms. The Hall–Kier alpha value is -5.92. The summed E-state index contributed by atoms with van der Waals surface area (Å²) in [6.07, 6.45) is 6.65. The van der Waals surface area contributed by atoms with Crippen LogP contribution in [-0.2, 0) is 6.42 Å². The summed E-state index contributed by atoms with van der Waals surface area (Å²) in [6, 6.07) is 53.3. The van der Waals surface area contributed by atoms with E-state index in [1.807, 2.05) is 0 Å². The zero-order valence-electron chi connectivity index (χ0n) is 25.8. The van der Waals surface area contributed by atoms with Gasteiger partial charge in [0.25, 0.3) is 0 Å². The Labute approximate surface area is 273 Å². The van der Waals surface area contributed by atoms with Crippen molar-refractivity contribution in [3.8, 4) is 33.4 Å². The monoisotopic (exact) mass is 598 g/mol. The van der Waals surface area contributed by atoms with E-state index in [4.69, 9.17) is 4.42 Å². The Balaban J connectivity index is 1.15. The molecular formula is C46H30O. The summed E-state index contributed by atoms with van der Waals surface area (Å²) in [7, 11) is 0. The SMILES string of the molecule is C1=Cc2ccc3oc4ccc(-c5ccc(-c6c7ccccc7c(-c7cccc8ccccc78)c7ccccc67)cc5)cc4c3c2CC1. The molecule has 10 rings (SSSR count). The van der Waals surface area contributed by atoms with Crippen molar-refractivity contribution in [3.05, 3.63) is 163 Å². The van der Waals surface area contributed by atoms with Gasteiger partial charge in [-0.2, -0.15) is 0 Å². The molecule has 0 aliphatic heterocycles. The molecule has 0 spiro atoms. The summed E-state index contributed by atoms with van der Waals surface area (Å²) in [4.78, 5) is 0. The van der Waals surface area contributed by atoms with Gasteiger partial charge < -0.3 is 4.42 Å². The average Bonchev–Trinajstić information content (AvgIpc) is 3.52. The number of furan rings is 1. The maximum atomic E-state index is 6.31. The third-order valence-electron chi connectivity index (χ3n) is 10.1. The van der Waals surface area contributed by atoms with Crippen LogP contribution in [0.2, 0.25) is 0 Å². The number of fused-ring (bicyclic) bond motifs is 8. The first kappa shape index (κ1) is 26.3. The van der Waals surface area contributed by atoms with Gasteiger partial charge in [0.05, 0.1) is 0 Å². The molecule has 9 aromatic rings. The molecule has 1 heterocycles. The van der Waals surface area contributed by atoms with Gasteiger partial charge in [0.15, 0.2) is 0 Å². The van der Waals surface area contributed by atoms with Crippen molar-refractivity contribution < 1.29 is 4.42 Å². The Bertz CT molecular complexity index is 2660. The van der Waals surface area contributed by atoms with Crippen LogP contribution in [0.4, 0.5) is 0 Å². The van der Waals surface area contributed by atoms with Gasteiger partial charge in [-0.05, 0) is 108 Å². The molecule has 8 aromatic carbocycles. The van der Waals surface area contributed by atoms with Crippen LogP contribution in [0.25, 0.3) is 93.7 Å². The van der Waals surface area contributed by atoms with Gasteiger partial charge in [0.2, 0.25) is 0 Å². The largest absolute Gasteiger partial charge is 0.456 e. The van der Waals surface area contributed by atoms with Crippen molar-refractivity contribution in [2.45, 2.75) is 12.8 Å². The normalized spacial score (nSPS) is 12.9. The van der Waals surface area contributed by atoms with Crippen LogP contribution in [0.3, 0.4) is 0 Å². The minimum Gasteiger partial charge on any atom is -0.456 e. The third kappa shape index (κ3) is 4.03. The van der Waals surface area contributed by atoms with E-state index in [2.05, 4.69) is 158 Å². The molecule has 220 valence electrons. The van der Waals surface area contributed by atoms with E-state index in [9.17, 15) is 0 Å². The lowest BCUT2D eigenvalue weighted by Crippen LogP contribution is -1.94. The number of hydrogen-bond donors (Lipinski definition) is 0. The summed E-state index contributed by atoms with van der Waals surface area (Å²) in [5, 5.41) is 10.1. The zero-order chi connectivity index (χ0) is 30.9. The fraction of sp³-hybridized carbons (Fsp3) is 0.0435. The van der Waals surface area contributed by atoms with E-state index in [1.165, 1.54) is 87.6 Å². The topological polar surface area (TPSA) is 13.1 Å². The van der Waals surface area contributed by atoms with Gasteiger partial charge in [-0.25, -0.2) is 0 Å². The van der Waals surface area contributed by atoms with Crippen molar-refractivity contribution in [2.75, 3.05) is 0 Å². The summed E-state index contributed by atoms with van der Waals surface area (Å²) in [5.74, 6) is 0. The fourth-order valence-electron chi connectivity index (χ4n) is 8.00. The van der Waals surface area contributed by atoms with Gasteiger partial charge >= 0.3 is 0 Å². The Morgan fingerprint density at radius 3 is 1.83 bits per heavy atom. The number of hydrogen-bond acceptors (Lipinski definition) is 1. The van der Waals surface area contributed by atoms with E-state index in [0.717, 1.165) is 24.0 Å². The van der Waals surface area contributed by atoms with E-state index in [1.54, 1.807) is 0 Å². The number of aryl methyl sites for hydroxylation is 1. The van der Waals surface area contributed by atoms with Gasteiger partial charge in [-0.1, -0.05) is 140 Å². The van der Waals surface area contributed by atoms with Crippen LogP contribution < -0.4 is 0 Å². The smallest absolute Gasteiger partial charge is 0.135 e. The minimum absolute atomic E-state index is 0.951. The molecule has 47 heavy (non-hydrogen) atoms. The van der Waals surface area contributed by atoms with Crippen LogP contribution in [-0.4, -0.2) is 0 Å². The third-order valence-corrected chi connectivity index (χ3v) is 10.1. The standard InChI is InChI=1S/C46H30O/c1-3-13-34-30(10-1)12-9-19-36(34)45-39-17-7-5-15-37(39)44(38-16-6-8-18-40(38)45)32-22-20-29(21-23-32)33-25-26-42-41(28-33)46-35-14-4-2-11-31(35)24-27-43(46)47-42/h1-3,5-13,15-28H,4,14H2. The Morgan fingerprint density at radius 2 is 1.06 bits per heavy atom. The predicted molar refractivity (Wildman–Crippen MR) is 200 cm³/mol. The molecule has 0 saturated heterocycles. The van der Waals surface area contributed by atoms with E-state index in [-0.39, 0.29) is 0 Å². The van der Waals surface area contributed by atoms with Crippen LogP contribution in [0.5, 0.6) is 0 Å². The highest BCUT2D eigenvalue weighted by molar-refractivity contribution is 6.23. The average molecular weight is 599 g/mol. The second kappa shape index (κ2) is 10.3. The molecule has 0 N–H and O–H groups in total. The first-order valence-corrected chi connectivity index (χ1v) is 16.5. The molecule has 1 aliphatic carbocycles. The molecule has 0 saturated carbocycles. The van der Waals surface area contributed by atoms with Crippen LogP contribution in [0, 0.1) is 0 Å². The lowest BCUT2D eigenvalue weighted by atomic mass is 9.84. The van der Waals surface area contributed by atoms with E-state index in [0.29, 0.717) is 0 Å².